The van der Waals surface area contributed by atoms with Crippen LogP contribution < -0.4 is 10.6 Å². The number of esters is 1. The molecule has 0 aliphatic heterocycles. The summed E-state index contributed by atoms with van der Waals surface area (Å²) in [5.41, 5.74) is 2.53. The Kier molecular flexibility index (Phi) is 6.43. The summed E-state index contributed by atoms with van der Waals surface area (Å²) in [6, 6.07) is 10.6. The molecule has 2 amide bonds. The van der Waals surface area contributed by atoms with Crippen molar-refractivity contribution in [3.8, 4) is 0 Å². The third-order valence-corrected chi connectivity index (χ3v) is 3.59. The first-order valence-corrected chi connectivity index (χ1v) is 7.92. The number of nitrogens with one attached hydrogen (secondary N) is 2. The lowest BCUT2D eigenvalue weighted by molar-refractivity contribution is -0.126. The van der Waals surface area contributed by atoms with Crippen molar-refractivity contribution in [3.63, 3.8) is 0 Å². The van der Waals surface area contributed by atoms with Crippen molar-refractivity contribution in [2.45, 2.75) is 13.8 Å². The predicted molar refractivity (Wildman–Crippen MR) is 94.2 cm³/mol. The van der Waals surface area contributed by atoms with Crippen LogP contribution in [0.25, 0.3) is 0 Å². The molecule has 2 N–H and O–H groups in total. The normalized spacial score (nSPS) is 10.1. The number of carbonyl (C=O) groups is 3. The Bertz CT molecular complexity index is 816. The van der Waals surface area contributed by atoms with Gasteiger partial charge in [-0.3, -0.25) is 9.59 Å². The largest absolute Gasteiger partial charge is 0.452 e. The highest BCUT2D eigenvalue weighted by Crippen LogP contribution is 2.18. The Morgan fingerprint density at radius 3 is 2.31 bits per heavy atom. The number of para-hydroxylation sites is 1. The molecule has 7 heteroatoms. The molecule has 0 fully saturated rings. The summed E-state index contributed by atoms with van der Waals surface area (Å²) in [5, 5.41) is 5.09. The lowest BCUT2D eigenvalue weighted by atomic mass is 10.1. The molecule has 26 heavy (non-hydrogen) atoms. The van der Waals surface area contributed by atoms with Crippen molar-refractivity contribution in [1.29, 1.82) is 0 Å². The van der Waals surface area contributed by atoms with E-state index >= 15 is 0 Å². The van der Waals surface area contributed by atoms with E-state index in [0.29, 0.717) is 5.69 Å². The van der Waals surface area contributed by atoms with Crippen molar-refractivity contribution in [3.05, 3.63) is 65.0 Å². The molecule has 0 atom stereocenters. The van der Waals surface area contributed by atoms with Gasteiger partial charge in [0.25, 0.3) is 5.91 Å². The molecule has 136 valence electrons. The van der Waals surface area contributed by atoms with Crippen molar-refractivity contribution in [1.82, 2.24) is 5.32 Å². The van der Waals surface area contributed by atoms with Crippen LogP contribution in [-0.2, 0) is 14.3 Å². The van der Waals surface area contributed by atoms with Gasteiger partial charge in [-0.05, 0) is 43.2 Å². The third kappa shape index (κ3) is 5.41. The second-order valence-electron chi connectivity index (χ2n) is 5.68. The number of amides is 2. The van der Waals surface area contributed by atoms with Gasteiger partial charge in [0, 0.05) is 5.69 Å². The third-order valence-electron chi connectivity index (χ3n) is 3.59. The number of hydrogen-bond donors (Lipinski definition) is 2. The quantitative estimate of drug-likeness (QED) is 0.777. The maximum absolute atomic E-state index is 13.0. The van der Waals surface area contributed by atoms with Gasteiger partial charge in [0.2, 0.25) is 5.91 Å². The molecular formula is C19H19FN2O4. The molecule has 0 aliphatic rings. The van der Waals surface area contributed by atoms with Crippen molar-refractivity contribution >= 4 is 23.5 Å². The van der Waals surface area contributed by atoms with Gasteiger partial charge in [0.1, 0.15) is 5.82 Å². The van der Waals surface area contributed by atoms with E-state index in [4.69, 9.17) is 4.74 Å². The number of halogens is 1. The number of rotatable bonds is 6. The number of anilines is 1. The molecule has 0 bridgehead atoms. The van der Waals surface area contributed by atoms with Crippen LogP contribution in [0.5, 0.6) is 0 Å². The van der Waals surface area contributed by atoms with Crippen LogP contribution in [-0.4, -0.2) is 30.9 Å². The van der Waals surface area contributed by atoms with Gasteiger partial charge in [0.05, 0.1) is 12.1 Å². The van der Waals surface area contributed by atoms with E-state index < -0.39 is 30.2 Å². The van der Waals surface area contributed by atoms with Gasteiger partial charge in [-0.1, -0.05) is 24.3 Å². The minimum atomic E-state index is -0.820. The van der Waals surface area contributed by atoms with Crippen LogP contribution in [0.15, 0.2) is 42.5 Å². The van der Waals surface area contributed by atoms with E-state index in [2.05, 4.69) is 10.6 Å². The van der Waals surface area contributed by atoms with Gasteiger partial charge in [0.15, 0.2) is 6.61 Å². The Balaban J connectivity index is 1.78. The number of ether oxygens (including phenoxy) is 1. The lowest BCUT2D eigenvalue weighted by Crippen LogP contribution is -2.35. The Morgan fingerprint density at radius 1 is 1.00 bits per heavy atom. The first-order valence-electron chi connectivity index (χ1n) is 7.92. The topological polar surface area (TPSA) is 84.5 Å². The van der Waals surface area contributed by atoms with Gasteiger partial charge in [-0.25, -0.2) is 9.18 Å². The van der Waals surface area contributed by atoms with E-state index in [-0.39, 0.29) is 12.1 Å². The van der Waals surface area contributed by atoms with Crippen LogP contribution in [0, 0.1) is 19.7 Å². The molecule has 0 heterocycles. The van der Waals surface area contributed by atoms with E-state index in [1.165, 1.54) is 18.2 Å². The molecule has 0 saturated heterocycles. The highest BCUT2D eigenvalue weighted by Gasteiger charge is 2.12. The zero-order chi connectivity index (χ0) is 19.1. The Morgan fingerprint density at radius 2 is 1.65 bits per heavy atom. The van der Waals surface area contributed by atoms with Gasteiger partial charge in [-0.15, -0.1) is 0 Å². The van der Waals surface area contributed by atoms with Gasteiger partial charge in [-0.2, -0.15) is 0 Å². The zero-order valence-corrected chi connectivity index (χ0v) is 14.5. The van der Waals surface area contributed by atoms with Crippen LogP contribution in [0.2, 0.25) is 0 Å². The maximum Gasteiger partial charge on any atom is 0.338 e. The standard InChI is InChI=1S/C19H19FN2O4/c1-12-5-3-6-13(2)18(12)22-16(23)10-21-17(24)11-26-19(25)14-7-4-8-15(20)9-14/h3-9H,10-11H2,1-2H3,(H,21,24)(H,22,23). The molecule has 2 rings (SSSR count). The molecule has 2 aromatic rings. The highest BCUT2D eigenvalue weighted by molar-refractivity contribution is 5.96. The summed E-state index contributed by atoms with van der Waals surface area (Å²) < 4.78 is 17.8. The molecule has 6 nitrogen and oxygen atoms in total. The molecule has 0 radical (unpaired) electrons. The molecule has 2 aromatic carbocycles. The second kappa shape index (κ2) is 8.75. The van der Waals surface area contributed by atoms with Crippen molar-refractivity contribution < 1.29 is 23.5 Å². The van der Waals surface area contributed by atoms with Crippen molar-refractivity contribution in [2.24, 2.45) is 0 Å². The van der Waals surface area contributed by atoms with Gasteiger partial charge >= 0.3 is 5.97 Å². The molecular weight excluding hydrogens is 339 g/mol. The van der Waals surface area contributed by atoms with E-state index in [0.717, 1.165) is 17.2 Å². The first-order chi connectivity index (χ1) is 12.4. The SMILES string of the molecule is Cc1cccc(C)c1NC(=O)CNC(=O)COC(=O)c1cccc(F)c1. The average molecular weight is 358 g/mol. The maximum atomic E-state index is 13.0. The first kappa shape index (κ1) is 19.1. The fourth-order valence-corrected chi connectivity index (χ4v) is 2.26. The lowest BCUT2D eigenvalue weighted by Gasteiger charge is -2.12. The van der Waals surface area contributed by atoms with Crippen LogP contribution in [0.4, 0.5) is 10.1 Å². The van der Waals surface area contributed by atoms with Crippen molar-refractivity contribution in [2.75, 3.05) is 18.5 Å². The highest BCUT2D eigenvalue weighted by atomic mass is 19.1. The average Bonchev–Trinajstić information content (AvgIpc) is 2.61. The smallest absolute Gasteiger partial charge is 0.338 e. The molecule has 0 saturated carbocycles. The monoisotopic (exact) mass is 358 g/mol. The number of aryl methyl sites for hydroxylation is 2. The number of benzene rings is 2. The summed E-state index contributed by atoms with van der Waals surface area (Å²) in [5.74, 6) is -2.43. The van der Waals surface area contributed by atoms with E-state index in [1.807, 2.05) is 32.0 Å². The van der Waals surface area contributed by atoms with Crippen LogP contribution in [0.3, 0.4) is 0 Å². The zero-order valence-electron chi connectivity index (χ0n) is 14.5. The minimum absolute atomic E-state index is 0.00516. The fourth-order valence-electron chi connectivity index (χ4n) is 2.26. The van der Waals surface area contributed by atoms with Gasteiger partial charge < -0.3 is 15.4 Å². The summed E-state index contributed by atoms with van der Waals surface area (Å²) >= 11 is 0. The predicted octanol–water partition coefficient (Wildman–Crippen LogP) is 2.35. The van der Waals surface area contributed by atoms with Crippen LogP contribution >= 0.6 is 0 Å². The van der Waals surface area contributed by atoms with E-state index in [1.54, 1.807) is 0 Å². The summed E-state index contributed by atoms with van der Waals surface area (Å²) in [7, 11) is 0. The van der Waals surface area contributed by atoms with E-state index in [9.17, 15) is 18.8 Å². The summed E-state index contributed by atoms with van der Waals surface area (Å²) in [6.07, 6.45) is 0. The summed E-state index contributed by atoms with van der Waals surface area (Å²) in [4.78, 5) is 35.3. The summed E-state index contributed by atoms with van der Waals surface area (Å²) in [6.45, 7) is 2.91. The second-order valence-corrected chi connectivity index (χ2v) is 5.68. The number of carbonyl (C=O) groups excluding carboxylic acids is 3. The minimum Gasteiger partial charge on any atom is -0.452 e. The molecule has 0 aliphatic carbocycles. The van der Waals surface area contributed by atoms with Crippen LogP contribution in [0.1, 0.15) is 21.5 Å². The number of hydrogen-bond acceptors (Lipinski definition) is 4. The Labute approximate surface area is 150 Å². The molecule has 0 unspecified atom stereocenters. The molecule has 0 aromatic heterocycles. The molecule has 0 spiro atoms. The fraction of sp³-hybridized carbons (Fsp3) is 0.211. The Hall–Kier alpha value is -3.22.